The maximum absolute atomic E-state index is 11.8. The summed E-state index contributed by atoms with van der Waals surface area (Å²) in [5, 5.41) is 0.717. The Hall–Kier alpha value is -1.52. The molecule has 1 aliphatic rings. The minimum absolute atomic E-state index is 0.272. The molecule has 0 saturated carbocycles. The number of carbonyl (C=O) groups excluding carboxylic acids is 1. The first kappa shape index (κ1) is 16.3. The van der Waals surface area contributed by atoms with E-state index in [0.717, 1.165) is 42.9 Å². The van der Waals surface area contributed by atoms with E-state index in [2.05, 4.69) is 11.1 Å². The van der Waals surface area contributed by atoms with Crippen LogP contribution < -0.4 is 0 Å². The van der Waals surface area contributed by atoms with Gasteiger partial charge < -0.3 is 4.90 Å². The summed E-state index contributed by atoms with van der Waals surface area (Å²) in [7, 11) is 0. The molecule has 0 aliphatic carbocycles. The standard InChI is InChI=1S/C18H19ClN2OS/c19-16-6-2-1-5-15(16)17-8-7-14(12-20-17)4-3-9-21-10-11-23-13-18(21)22/h1-2,5-8,12H,3-4,9-11,13H2. The van der Waals surface area contributed by atoms with Gasteiger partial charge in [-0.15, -0.1) is 0 Å². The van der Waals surface area contributed by atoms with Gasteiger partial charge in [0.15, 0.2) is 0 Å². The van der Waals surface area contributed by atoms with Gasteiger partial charge in [0.1, 0.15) is 0 Å². The SMILES string of the molecule is O=C1CSCCN1CCCc1ccc(-c2ccccc2Cl)nc1. The van der Waals surface area contributed by atoms with Gasteiger partial charge in [0.2, 0.25) is 5.91 Å². The van der Waals surface area contributed by atoms with Crippen LogP contribution in [0.2, 0.25) is 5.02 Å². The number of aryl methyl sites for hydroxylation is 1. The normalized spacial score (nSPS) is 15.0. The van der Waals surface area contributed by atoms with E-state index in [0.29, 0.717) is 10.8 Å². The van der Waals surface area contributed by atoms with Crippen molar-refractivity contribution in [3.63, 3.8) is 0 Å². The van der Waals surface area contributed by atoms with Crippen molar-refractivity contribution in [2.45, 2.75) is 12.8 Å². The third kappa shape index (κ3) is 4.27. The Bertz CT molecular complexity index is 675. The van der Waals surface area contributed by atoms with Gasteiger partial charge in [-0.3, -0.25) is 9.78 Å². The van der Waals surface area contributed by atoms with Crippen molar-refractivity contribution in [2.24, 2.45) is 0 Å². The average molecular weight is 347 g/mol. The number of nitrogens with zero attached hydrogens (tertiary/aromatic N) is 2. The van der Waals surface area contributed by atoms with E-state index < -0.39 is 0 Å². The molecule has 1 aromatic heterocycles. The Kier molecular flexibility index (Phi) is 5.57. The Balaban J connectivity index is 1.56. The van der Waals surface area contributed by atoms with Gasteiger partial charge in [-0.25, -0.2) is 0 Å². The van der Waals surface area contributed by atoms with Gasteiger partial charge in [-0.2, -0.15) is 11.8 Å². The Morgan fingerprint density at radius 1 is 1.22 bits per heavy atom. The minimum Gasteiger partial charge on any atom is -0.341 e. The highest BCUT2D eigenvalue weighted by molar-refractivity contribution is 8.00. The van der Waals surface area contributed by atoms with Gasteiger partial charge in [0, 0.05) is 35.6 Å². The number of thioether (sulfide) groups is 1. The molecule has 0 radical (unpaired) electrons. The number of pyridine rings is 1. The van der Waals surface area contributed by atoms with E-state index in [1.54, 1.807) is 11.8 Å². The lowest BCUT2D eigenvalue weighted by Crippen LogP contribution is -2.38. The van der Waals surface area contributed by atoms with Crippen molar-refractivity contribution >= 4 is 29.3 Å². The average Bonchev–Trinajstić information content (AvgIpc) is 2.58. The largest absolute Gasteiger partial charge is 0.341 e. The quantitative estimate of drug-likeness (QED) is 0.823. The fraction of sp³-hybridized carbons (Fsp3) is 0.333. The van der Waals surface area contributed by atoms with Gasteiger partial charge >= 0.3 is 0 Å². The molecule has 5 heteroatoms. The van der Waals surface area contributed by atoms with Crippen molar-refractivity contribution < 1.29 is 4.79 Å². The Morgan fingerprint density at radius 2 is 2.09 bits per heavy atom. The topological polar surface area (TPSA) is 33.2 Å². The zero-order valence-corrected chi connectivity index (χ0v) is 14.4. The second kappa shape index (κ2) is 7.84. The van der Waals surface area contributed by atoms with Crippen molar-refractivity contribution in [1.82, 2.24) is 9.88 Å². The van der Waals surface area contributed by atoms with E-state index in [4.69, 9.17) is 11.6 Å². The van der Waals surface area contributed by atoms with Crippen LogP contribution in [-0.4, -0.2) is 40.4 Å². The first-order chi connectivity index (χ1) is 11.2. The molecular formula is C18H19ClN2OS. The molecule has 3 rings (SSSR count). The summed E-state index contributed by atoms with van der Waals surface area (Å²) in [4.78, 5) is 18.2. The summed E-state index contributed by atoms with van der Waals surface area (Å²) in [6.45, 7) is 1.72. The molecule has 0 unspecified atom stereocenters. The molecule has 1 aliphatic heterocycles. The molecule has 1 amide bonds. The predicted molar refractivity (Wildman–Crippen MR) is 96.9 cm³/mol. The Morgan fingerprint density at radius 3 is 2.83 bits per heavy atom. The van der Waals surface area contributed by atoms with E-state index in [-0.39, 0.29) is 5.91 Å². The van der Waals surface area contributed by atoms with Crippen LogP contribution in [0.25, 0.3) is 11.3 Å². The summed E-state index contributed by atoms with van der Waals surface area (Å²) < 4.78 is 0. The molecule has 2 heterocycles. The molecule has 2 aromatic rings. The molecule has 0 bridgehead atoms. The van der Waals surface area contributed by atoms with Crippen molar-refractivity contribution in [1.29, 1.82) is 0 Å². The fourth-order valence-electron chi connectivity index (χ4n) is 2.66. The van der Waals surface area contributed by atoms with Crippen molar-refractivity contribution in [2.75, 3.05) is 24.6 Å². The van der Waals surface area contributed by atoms with Crippen molar-refractivity contribution in [3.05, 3.63) is 53.2 Å². The van der Waals surface area contributed by atoms with Crippen LogP contribution in [0.4, 0.5) is 0 Å². The summed E-state index contributed by atoms with van der Waals surface area (Å²) in [5.74, 6) is 1.96. The molecule has 0 N–H and O–H groups in total. The van der Waals surface area contributed by atoms with Crippen LogP contribution in [0.3, 0.4) is 0 Å². The van der Waals surface area contributed by atoms with Crippen LogP contribution >= 0.6 is 23.4 Å². The smallest absolute Gasteiger partial charge is 0.232 e. The number of benzene rings is 1. The first-order valence-corrected chi connectivity index (χ1v) is 9.32. The highest BCUT2D eigenvalue weighted by Crippen LogP contribution is 2.25. The lowest BCUT2D eigenvalue weighted by molar-refractivity contribution is -0.128. The van der Waals surface area contributed by atoms with Crippen LogP contribution in [0.1, 0.15) is 12.0 Å². The van der Waals surface area contributed by atoms with Crippen LogP contribution in [-0.2, 0) is 11.2 Å². The molecule has 1 saturated heterocycles. The van der Waals surface area contributed by atoms with Crippen LogP contribution in [0.5, 0.6) is 0 Å². The minimum atomic E-state index is 0.272. The lowest BCUT2D eigenvalue weighted by atomic mass is 10.1. The van der Waals surface area contributed by atoms with E-state index in [1.165, 1.54) is 5.56 Å². The predicted octanol–water partition coefficient (Wildman–Crippen LogP) is 3.91. The number of hydrogen-bond donors (Lipinski definition) is 0. The third-order valence-corrected chi connectivity index (χ3v) is 5.20. The van der Waals surface area contributed by atoms with Gasteiger partial charge in [-0.05, 0) is 30.5 Å². The first-order valence-electron chi connectivity index (χ1n) is 7.79. The highest BCUT2D eigenvalue weighted by atomic mass is 35.5. The van der Waals surface area contributed by atoms with Crippen LogP contribution in [0, 0.1) is 0 Å². The summed E-state index contributed by atoms with van der Waals surface area (Å²) in [6.07, 6.45) is 3.82. The van der Waals surface area contributed by atoms with Gasteiger partial charge in [-0.1, -0.05) is 35.9 Å². The molecule has 0 spiro atoms. The van der Waals surface area contributed by atoms with Gasteiger partial charge in [0.05, 0.1) is 11.4 Å². The van der Waals surface area contributed by atoms with Crippen molar-refractivity contribution in [3.8, 4) is 11.3 Å². The number of hydrogen-bond acceptors (Lipinski definition) is 3. The molecule has 1 fully saturated rings. The number of aromatic nitrogens is 1. The number of rotatable bonds is 5. The summed E-state index contributed by atoms with van der Waals surface area (Å²) in [5.41, 5.74) is 3.04. The zero-order valence-electron chi connectivity index (χ0n) is 12.9. The number of amides is 1. The highest BCUT2D eigenvalue weighted by Gasteiger charge is 2.17. The summed E-state index contributed by atoms with van der Waals surface area (Å²) in [6, 6.07) is 11.8. The number of halogens is 1. The molecule has 120 valence electrons. The molecule has 23 heavy (non-hydrogen) atoms. The van der Waals surface area contributed by atoms with Gasteiger partial charge in [0.25, 0.3) is 0 Å². The molecule has 3 nitrogen and oxygen atoms in total. The maximum Gasteiger partial charge on any atom is 0.232 e. The lowest BCUT2D eigenvalue weighted by Gasteiger charge is -2.26. The van der Waals surface area contributed by atoms with E-state index in [9.17, 15) is 4.79 Å². The maximum atomic E-state index is 11.8. The fourth-order valence-corrected chi connectivity index (χ4v) is 3.74. The molecule has 0 atom stereocenters. The van der Waals surface area contributed by atoms with Crippen LogP contribution in [0.15, 0.2) is 42.6 Å². The second-order valence-electron chi connectivity index (χ2n) is 5.57. The van der Waals surface area contributed by atoms with E-state index >= 15 is 0 Å². The summed E-state index contributed by atoms with van der Waals surface area (Å²) >= 11 is 7.93. The molecule has 1 aromatic carbocycles. The Labute approximate surface area is 146 Å². The number of carbonyl (C=O) groups is 1. The third-order valence-electron chi connectivity index (χ3n) is 3.95. The van der Waals surface area contributed by atoms with E-state index in [1.807, 2.05) is 41.4 Å². The second-order valence-corrected chi connectivity index (χ2v) is 7.08. The zero-order chi connectivity index (χ0) is 16.1. The molecular weight excluding hydrogens is 328 g/mol. The monoisotopic (exact) mass is 346 g/mol.